The maximum Gasteiger partial charge on any atom is 0.226 e. The molecule has 1 amide bonds. The highest BCUT2D eigenvalue weighted by atomic mass is 19.1. The van der Waals surface area contributed by atoms with Crippen molar-refractivity contribution in [3.05, 3.63) is 35.6 Å². The van der Waals surface area contributed by atoms with Crippen LogP contribution >= 0.6 is 0 Å². The molecule has 2 fully saturated rings. The summed E-state index contributed by atoms with van der Waals surface area (Å²) in [6.45, 7) is 3.40. The Bertz CT molecular complexity index is 440. The second kappa shape index (κ2) is 4.69. The number of halogens is 1. The number of piperazine rings is 1. The minimum absolute atomic E-state index is 0.119. The van der Waals surface area contributed by atoms with Crippen molar-refractivity contribution in [1.29, 1.82) is 0 Å². The van der Waals surface area contributed by atoms with E-state index in [4.69, 9.17) is 0 Å². The first-order valence-corrected chi connectivity index (χ1v) is 6.50. The second-order valence-corrected chi connectivity index (χ2v) is 5.08. The van der Waals surface area contributed by atoms with Crippen molar-refractivity contribution in [3.8, 4) is 0 Å². The highest BCUT2D eigenvalue weighted by molar-refractivity contribution is 5.83. The third kappa shape index (κ3) is 2.25. The van der Waals surface area contributed by atoms with Gasteiger partial charge in [-0.15, -0.1) is 0 Å². The molecular weight excluding hydrogens is 231 g/mol. The van der Waals surface area contributed by atoms with E-state index >= 15 is 0 Å². The maximum atomic E-state index is 12.8. The minimum Gasteiger partial charge on any atom is -0.340 e. The first-order valence-electron chi connectivity index (χ1n) is 6.50. The van der Waals surface area contributed by atoms with Gasteiger partial charge in [0, 0.05) is 32.1 Å². The van der Waals surface area contributed by atoms with Crippen LogP contribution in [-0.4, -0.2) is 37.0 Å². The normalized spacial score (nSPS) is 27.1. The monoisotopic (exact) mass is 248 g/mol. The number of nitrogens with zero attached hydrogens (tertiary/aromatic N) is 1. The molecule has 0 bridgehead atoms. The Morgan fingerprint density at radius 2 is 1.89 bits per heavy atom. The van der Waals surface area contributed by atoms with E-state index in [2.05, 4.69) is 5.32 Å². The Morgan fingerprint density at radius 3 is 2.56 bits per heavy atom. The Hall–Kier alpha value is -1.42. The first kappa shape index (κ1) is 11.7. The summed E-state index contributed by atoms with van der Waals surface area (Å²) in [6.07, 6.45) is 0.911. The summed E-state index contributed by atoms with van der Waals surface area (Å²) in [5.41, 5.74) is 1.09. The number of amides is 1. The third-order valence-corrected chi connectivity index (χ3v) is 3.83. The van der Waals surface area contributed by atoms with Crippen molar-refractivity contribution >= 4 is 5.91 Å². The number of hydrogen-bond acceptors (Lipinski definition) is 2. The molecule has 1 N–H and O–H groups in total. The number of hydrogen-bond donors (Lipinski definition) is 1. The second-order valence-electron chi connectivity index (χ2n) is 5.08. The summed E-state index contributed by atoms with van der Waals surface area (Å²) in [7, 11) is 0. The fraction of sp³-hybridized carbons (Fsp3) is 0.500. The SMILES string of the molecule is O=C([C@@H]1C[C@@H]1c1ccc(F)cc1)N1CCNCC1. The summed E-state index contributed by atoms with van der Waals surface area (Å²) < 4.78 is 12.8. The molecule has 2 atom stereocenters. The van der Waals surface area contributed by atoms with Gasteiger partial charge in [0.25, 0.3) is 0 Å². The lowest BCUT2D eigenvalue weighted by atomic mass is 10.1. The van der Waals surface area contributed by atoms with Crippen LogP contribution in [-0.2, 0) is 4.79 Å². The predicted molar refractivity (Wildman–Crippen MR) is 66.7 cm³/mol. The lowest BCUT2D eigenvalue weighted by Gasteiger charge is -2.27. The van der Waals surface area contributed by atoms with Gasteiger partial charge in [-0.25, -0.2) is 4.39 Å². The highest BCUT2D eigenvalue weighted by Crippen LogP contribution is 2.48. The van der Waals surface area contributed by atoms with E-state index < -0.39 is 0 Å². The molecule has 96 valence electrons. The van der Waals surface area contributed by atoms with E-state index in [9.17, 15) is 9.18 Å². The standard InChI is InChI=1S/C14H17FN2O/c15-11-3-1-10(2-4-11)12-9-13(12)14(18)17-7-5-16-6-8-17/h1-4,12-13,16H,5-9H2/t12-,13-/m1/s1. The molecule has 4 heteroatoms. The zero-order valence-corrected chi connectivity index (χ0v) is 10.2. The quantitative estimate of drug-likeness (QED) is 0.857. The van der Waals surface area contributed by atoms with Crippen molar-refractivity contribution in [2.45, 2.75) is 12.3 Å². The van der Waals surface area contributed by atoms with Crippen LogP contribution in [0.15, 0.2) is 24.3 Å². The molecule has 1 aromatic carbocycles. The van der Waals surface area contributed by atoms with Crippen LogP contribution in [0.1, 0.15) is 17.9 Å². The molecule has 1 aromatic rings. The van der Waals surface area contributed by atoms with Gasteiger partial charge in [0.1, 0.15) is 5.82 Å². The molecule has 1 saturated carbocycles. The van der Waals surface area contributed by atoms with Gasteiger partial charge in [0.05, 0.1) is 0 Å². The minimum atomic E-state index is -0.218. The highest BCUT2D eigenvalue weighted by Gasteiger charge is 2.45. The summed E-state index contributed by atoms with van der Waals surface area (Å²) in [6, 6.07) is 6.54. The molecule has 2 aliphatic rings. The van der Waals surface area contributed by atoms with Gasteiger partial charge in [-0.1, -0.05) is 12.1 Å². The van der Waals surface area contributed by atoms with Crippen LogP contribution in [0.5, 0.6) is 0 Å². The van der Waals surface area contributed by atoms with Gasteiger partial charge in [-0.2, -0.15) is 0 Å². The van der Waals surface area contributed by atoms with Crippen molar-refractivity contribution in [1.82, 2.24) is 10.2 Å². The van der Waals surface area contributed by atoms with E-state index in [0.29, 0.717) is 5.92 Å². The Labute approximate surface area is 106 Å². The van der Waals surface area contributed by atoms with E-state index in [-0.39, 0.29) is 17.6 Å². The fourth-order valence-electron chi connectivity index (χ4n) is 2.67. The smallest absolute Gasteiger partial charge is 0.226 e. The topological polar surface area (TPSA) is 32.3 Å². The van der Waals surface area contributed by atoms with Gasteiger partial charge >= 0.3 is 0 Å². The van der Waals surface area contributed by atoms with Crippen LogP contribution in [0.4, 0.5) is 4.39 Å². The molecule has 18 heavy (non-hydrogen) atoms. The summed E-state index contributed by atoms with van der Waals surface area (Å²) >= 11 is 0. The number of carbonyl (C=O) groups is 1. The van der Waals surface area contributed by atoms with Crippen molar-refractivity contribution in [3.63, 3.8) is 0 Å². The Morgan fingerprint density at radius 1 is 1.22 bits per heavy atom. The number of nitrogens with one attached hydrogen (secondary N) is 1. The average Bonchev–Trinajstić information content (AvgIpc) is 3.20. The Balaban J connectivity index is 1.63. The Kier molecular flexibility index (Phi) is 3.04. The van der Waals surface area contributed by atoms with E-state index in [1.165, 1.54) is 12.1 Å². The summed E-state index contributed by atoms with van der Waals surface area (Å²) in [5, 5.41) is 3.24. The molecule has 0 unspecified atom stereocenters. The molecule has 1 aliphatic carbocycles. The van der Waals surface area contributed by atoms with Gasteiger partial charge in [0.15, 0.2) is 0 Å². The number of rotatable bonds is 2. The van der Waals surface area contributed by atoms with Crippen LogP contribution in [0.2, 0.25) is 0 Å². The molecule has 0 aromatic heterocycles. The maximum absolute atomic E-state index is 12.8. The molecule has 1 aliphatic heterocycles. The van der Waals surface area contributed by atoms with Crippen LogP contribution in [0.3, 0.4) is 0 Å². The van der Waals surface area contributed by atoms with E-state index in [1.807, 2.05) is 4.90 Å². The summed E-state index contributed by atoms with van der Waals surface area (Å²) in [4.78, 5) is 14.2. The first-order chi connectivity index (χ1) is 8.75. The van der Waals surface area contributed by atoms with Gasteiger partial charge in [0.2, 0.25) is 5.91 Å². The molecule has 1 heterocycles. The van der Waals surface area contributed by atoms with Crippen LogP contribution in [0, 0.1) is 11.7 Å². The van der Waals surface area contributed by atoms with Gasteiger partial charge < -0.3 is 10.2 Å². The molecule has 3 rings (SSSR count). The predicted octanol–water partition coefficient (Wildman–Crippen LogP) is 1.36. The van der Waals surface area contributed by atoms with Crippen molar-refractivity contribution < 1.29 is 9.18 Å². The van der Waals surface area contributed by atoms with Gasteiger partial charge in [-0.3, -0.25) is 4.79 Å². The third-order valence-electron chi connectivity index (χ3n) is 3.83. The van der Waals surface area contributed by atoms with Crippen LogP contribution < -0.4 is 5.32 Å². The van der Waals surface area contributed by atoms with Crippen LogP contribution in [0.25, 0.3) is 0 Å². The number of carbonyl (C=O) groups excluding carboxylic acids is 1. The largest absolute Gasteiger partial charge is 0.340 e. The summed E-state index contributed by atoms with van der Waals surface area (Å²) in [5.74, 6) is 0.469. The number of benzene rings is 1. The van der Waals surface area contributed by atoms with Crippen molar-refractivity contribution in [2.24, 2.45) is 5.92 Å². The lowest BCUT2D eigenvalue weighted by Crippen LogP contribution is -2.47. The molecular formula is C14H17FN2O. The lowest BCUT2D eigenvalue weighted by molar-refractivity contribution is -0.133. The van der Waals surface area contributed by atoms with Crippen molar-refractivity contribution in [2.75, 3.05) is 26.2 Å². The molecule has 0 spiro atoms. The van der Waals surface area contributed by atoms with Gasteiger partial charge in [-0.05, 0) is 30.0 Å². The van der Waals surface area contributed by atoms with E-state index in [0.717, 1.165) is 38.2 Å². The molecule has 3 nitrogen and oxygen atoms in total. The van der Waals surface area contributed by atoms with E-state index in [1.54, 1.807) is 12.1 Å². The zero-order chi connectivity index (χ0) is 12.5. The molecule has 0 radical (unpaired) electrons. The molecule has 1 saturated heterocycles. The average molecular weight is 248 g/mol. The zero-order valence-electron chi connectivity index (χ0n) is 10.2. The fourth-order valence-corrected chi connectivity index (χ4v) is 2.67.